The third kappa shape index (κ3) is 7.83. The van der Waals surface area contributed by atoms with Gasteiger partial charge in [0.1, 0.15) is 18.1 Å². The Hall–Kier alpha value is -2.04. The summed E-state index contributed by atoms with van der Waals surface area (Å²) < 4.78 is 17.5. The van der Waals surface area contributed by atoms with E-state index in [0.717, 1.165) is 23.8 Å². The summed E-state index contributed by atoms with van der Waals surface area (Å²) in [4.78, 5) is 0. The van der Waals surface area contributed by atoms with Crippen LogP contribution in [-0.2, 0) is 4.74 Å². The highest BCUT2D eigenvalue weighted by Gasteiger charge is 2.15. The highest BCUT2D eigenvalue weighted by Crippen LogP contribution is 2.33. The second kappa shape index (κ2) is 12.9. The van der Waals surface area contributed by atoms with Gasteiger partial charge in [0.05, 0.1) is 6.61 Å². The molecule has 2 atom stereocenters. The van der Waals surface area contributed by atoms with Gasteiger partial charge < -0.3 is 19.5 Å². The Balaban J connectivity index is 1.36. The lowest BCUT2D eigenvalue weighted by molar-refractivity contribution is -0.0739. The fourth-order valence-corrected chi connectivity index (χ4v) is 4.54. The summed E-state index contributed by atoms with van der Waals surface area (Å²) >= 11 is 0. The van der Waals surface area contributed by atoms with Gasteiger partial charge in [-0.2, -0.15) is 0 Å². The Bertz CT molecular complexity index is 766. The highest BCUT2D eigenvalue weighted by molar-refractivity contribution is 5.30. The van der Waals surface area contributed by atoms with Crippen LogP contribution in [0.1, 0.15) is 82.4 Å². The second-order valence-corrected chi connectivity index (χ2v) is 9.35. The van der Waals surface area contributed by atoms with E-state index in [2.05, 4.69) is 55.6 Å². The van der Waals surface area contributed by atoms with Gasteiger partial charge >= 0.3 is 0 Å². The number of ether oxygens (including phenoxy) is 3. The molecule has 0 amide bonds. The first-order valence-corrected chi connectivity index (χ1v) is 12.3. The molecule has 4 heteroatoms. The molecule has 2 aromatic carbocycles. The maximum Gasteiger partial charge on any atom is 0.197 e. The molecule has 0 radical (unpaired) electrons. The molecule has 0 aliphatic heterocycles. The first-order chi connectivity index (χ1) is 15.5. The smallest absolute Gasteiger partial charge is 0.197 e. The third-order valence-electron chi connectivity index (χ3n) is 6.30. The SMILES string of the molecule is CNC(CC(C)C)c1ccc(OC(C)OCCOc2ccc(C3CCCCC3)cc2)cc1. The van der Waals surface area contributed by atoms with Crippen molar-refractivity contribution in [2.75, 3.05) is 20.3 Å². The van der Waals surface area contributed by atoms with Crippen molar-refractivity contribution in [1.29, 1.82) is 0 Å². The van der Waals surface area contributed by atoms with Crippen LogP contribution in [0.25, 0.3) is 0 Å². The van der Waals surface area contributed by atoms with Crippen molar-refractivity contribution < 1.29 is 14.2 Å². The van der Waals surface area contributed by atoms with Gasteiger partial charge in [-0.1, -0.05) is 57.4 Å². The molecule has 176 valence electrons. The van der Waals surface area contributed by atoms with Gasteiger partial charge in [0.25, 0.3) is 0 Å². The van der Waals surface area contributed by atoms with Crippen LogP contribution in [0.3, 0.4) is 0 Å². The third-order valence-corrected chi connectivity index (χ3v) is 6.30. The van der Waals surface area contributed by atoms with E-state index < -0.39 is 0 Å². The Morgan fingerprint density at radius 3 is 2.12 bits per heavy atom. The fraction of sp³-hybridized carbons (Fsp3) is 0.571. The molecule has 0 bridgehead atoms. The summed E-state index contributed by atoms with van der Waals surface area (Å²) in [6.45, 7) is 7.41. The van der Waals surface area contributed by atoms with Crippen LogP contribution in [0.4, 0.5) is 0 Å². The second-order valence-electron chi connectivity index (χ2n) is 9.35. The quantitative estimate of drug-likeness (QED) is 0.290. The summed E-state index contributed by atoms with van der Waals surface area (Å²) in [7, 11) is 2.01. The predicted molar refractivity (Wildman–Crippen MR) is 132 cm³/mol. The van der Waals surface area contributed by atoms with E-state index in [1.807, 2.05) is 26.1 Å². The minimum Gasteiger partial charge on any atom is -0.491 e. The number of nitrogens with one attached hydrogen (secondary N) is 1. The van der Waals surface area contributed by atoms with E-state index in [1.54, 1.807) is 0 Å². The fourth-order valence-electron chi connectivity index (χ4n) is 4.54. The van der Waals surface area contributed by atoms with Crippen molar-refractivity contribution in [2.45, 2.75) is 77.5 Å². The number of hydrogen-bond acceptors (Lipinski definition) is 4. The molecular formula is C28H41NO3. The summed E-state index contributed by atoms with van der Waals surface area (Å²) in [6.07, 6.45) is 7.54. The average molecular weight is 440 g/mol. The normalized spacial score (nSPS) is 16.7. The maximum atomic E-state index is 5.90. The summed E-state index contributed by atoms with van der Waals surface area (Å²) in [5.74, 6) is 3.10. The molecule has 1 N–H and O–H groups in total. The van der Waals surface area contributed by atoms with E-state index in [-0.39, 0.29) is 6.29 Å². The van der Waals surface area contributed by atoms with Gasteiger partial charge in [-0.3, -0.25) is 0 Å². The van der Waals surface area contributed by atoms with Crippen molar-refractivity contribution in [3.05, 3.63) is 59.7 Å². The minimum atomic E-state index is -0.325. The van der Waals surface area contributed by atoms with Crippen molar-refractivity contribution >= 4 is 0 Å². The number of rotatable bonds is 12. The molecule has 4 nitrogen and oxygen atoms in total. The van der Waals surface area contributed by atoms with Crippen LogP contribution in [0.2, 0.25) is 0 Å². The van der Waals surface area contributed by atoms with Crippen molar-refractivity contribution in [3.8, 4) is 11.5 Å². The zero-order valence-corrected chi connectivity index (χ0v) is 20.3. The van der Waals surface area contributed by atoms with Crippen LogP contribution in [0.5, 0.6) is 11.5 Å². The highest BCUT2D eigenvalue weighted by atomic mass is 16.7. The summed E-state index contributed by atoms with van der Waals surface area (Å²) in [6, 6.07) is 17.3. The molecule has 0 saturated heterocycles. The van der Waals surface area contributed by atoms with Gasteiger partial charge in [0, 0.05) is 6.04 Å². The average Bonchev–Trinajstić information content (AvgIpc) is 2.82. The van der Waals surface area contributed by atoms with Gasteiger partial charge in [0.15, 0.2) is 6.29 Å². The lowest BCUT2D eigenvalue weighted by atomic mass is 9.84. The van der Waals surface area contributed by atoms with Gasteiger partial charge in [-0.15, -0.1) is 0 Å². The maximum absolute atomic E-state index is 5.90. The van der Waals surface area contributed by atoms with E-state index in [1.165, 1.54) is 43.2 Å². The Morgan fingerprint density at radius 2 is 1.50 bits per heavy atom. The van der Waals surface area contributed by atoms with Crippen LogP contribution >= 0.6 is 0 Å². The molecule has 0 heterocycles. The Kier molecular flexibility index (Phi) is 9.89. The zero-order valence-electron chi connectivity index (χ0n) is 20.3. The van der Waals surface area contributed by atoms with E-state index >= 15 is 0 Å². The molecule has 0 spiro atoms. The number of hydrogen-bond donors (Lipinski definition) is 1. The lowest BCUT2D eigenvalue weighted by Crippen LogP contribution is -2.20. The van der Waals surface area contributed by atoms with Crippen molar-refractivity contribution in [3.63, 3.8) is 0 Å². The minimum absolute atomic E-state index is 0.325. The molecule has 2 aromatic rings. The van der Waals surface area contributed by atoms with E-state index in [4.69, 9.17) is 14.2 Å². The van der Waals surface area contributed by atoms with Crippen LogP contribution in [0.15, 0.2) is 48.5 Å². The van der Waals surface area contributed by atoms with Crippen molar-refractivity contribution in [2.24, 2.45) is 5.92 Å². The molecular weight excluding hydrogens is 398 g/mol. The first-order valence-electron chi connectivity index (χ1n) is 12.3. The zero-order chi connectivity index (χ0) is 22.8. The Labute approximate surface area is 194 Å². The van der Waals surface area contributed by atoms with Crippen molar-refractivity contribution in [1.82, 2.24) is 5.32 Å². The monoisotopic (exact) mass is 439 g/mol. The van der Waals surface area contributed by atoms with E-state index in [9.17, 15) is 0 Å². The topological polar surface area (TPSA) is 39.7 Å². The first kappa shape index (κ1) is 24.6. The Morgan fingerprint density at radius 1 is 0.844 bits per heavy atom. The lowest BCUT2D eigenvalue weighted by Gasteiger charge is -2.22. The number of benzene rings is 2. The molecule has 1 fully saturated rings. The molecule has 1 saturated carbocycles. The van der Waals surface area contributed by atoms with Crippen LogP contribution in [0, 0.1) is 5.92 Å². The molecule has 1 aliphatic carbocycles. The van der Waals surface area contributed by atoms with Crippen LogP contribution < -0.4 is 14.8 Å². The molecule has 0 aromatic heterocycles. The van der Waals surface area contributed by atoms with E-state index in [0.29, 0.717) is 25.2 Å². The molecule has 3 rings (SSSR count). The molecule has 32 heavy (non-hydrogen) atoms. The summed E-state index contributed by atoms with van der Waals surface area (Å²) in [5, 5.41) is 3.40. The van der Waals surface area contributed by atoms with Gasteiger partial charge in [0.2, 0.25) is 0 Å². The van der Waals surface area contributed by atoms with Gasteiger partial charge in [-0.25, -0.2) is 0 Å². The van der Waals surface area contributed by atoms with Crippen LogP contribution in [-0.4, -0.2) is 26.6 Å². The largest absolute Gasteiger partial charge is 0.491 e. The summed E-state index contributed by atoms with van der Waals surface area (Å²) in [5.41, 5.74) is 2.73. The molecule has 2 unspecified atom stereocenters. The standard InChI is InChI=1S/C28H41NO3/c1-21(2)20-28(29-4)25-12-16-27(17-13-25)32-22(3)30-18-19-31-26-14-10-24(11-15-26)23-8-6-5-7-9-23/h10-17,21-23,28-29H,5-9,18-20H2,1-4H3. The van der Waals surface area contributed by atoms with Gasteiger partial charge in [-0.05, 0) is 80.5 Å². The molecule has 1 aliphatic rings. The predicted octanol–water partition coefficient (Wildman–Crippen LogP) is 6.86.